The highest BCUT2D eigenvalue weighted by molar-refractivity contribution is 5.94. The van der Waals surface area contributed by atoms with Crippen molar-refractivity contribution in [2.24, 2.45) is 7.05 Å². The summed E-state index contributed by atoms with van der Waals surface area (Å²) in [6.45, 7) is 0.999. The summed E-state index contributed by atoms with van der Waals surface area (Å²) in [4.78, 5) is 26.3. The number of carbonyl (C=O) groups is 1. The lowest BCUT2D eigenvalue weighted by molar-refractivity contribution is -0.113. The van der Waals surface area contributed by atoms with E-state index in [1.54, 1.807) is 0 Å². The number of aromatic nitrogens is 5. The Hall–Kier alpha value is -4.32. The van der Waals surface area contributed by atoms with Gasteiger partial charge in [-0.05, 0) is 74.3 Å². The van der Waals surface area contributed by atoms with Crippen LogP contribution in [-0.2, 0) is 37.6 Å². The summed E-state index contributed by atoms with van der Waals surface area (Å²) in [6, 6.07) is 10.2. The zero-order chi connectivity index (χ0) is 30.7. The van der Waals surface area contributed by atoms with Gasteiger partial charge in [0.1, 0.15) is 17.7 Å². The zero-order valence-electron chi connectivity index (χ0n) is 25.3. The van der Waals surface area contributed by atoms with E-state index in [9.17, 15) is 13.6 Å². The van der Waals surface area contributed by atoms with Crippen molar-refractivity contribution >= 4 is 23.4 Å². The van der Waals surface area contributed by atoms with Crippen molar-refractivity contribution in [1.29, 1.82) is 0 Å². The molecule has 0 saturated carbocycles. The van der Waals surface area contributed by atoms with Gasteiger partial charge in [0.05, 0.1) is 31.5 Å². The van der Waals surface area contributed by atoms with Crippen molar-refractivity contribution < 1.29 is 18.3 Å². The predicted molar refractivity (Wildman–Crippen MR) is 165 cm³/mol. The Morgan fingerprint density at radius 2 is 1.89 bits per heavy atom. The van der Waals surface area contributed by atoms with Crippen LogP contribution in [0.2, 0.25) is 0 Å². The molecule has 2 fully saturated rings. The number of anilines is 3. The Kier molecular flexibility index (Phi) is 6.85. The second kappa shape index (κ2) is 10.9. The molecule has 234 valence electrons. The van der Waals surface area contributed by atoms with Gasteiger partial charge in [-0.1, -0.05) is 12.1 Å². The van der Waals surface area contributed by atoms with Gasteiger partial charge in [0.25, 0.3) is 11.8 Å². The van der Waals surface area contributed by atoms with E-state index in [1.807, 2.05) is 28.6 Å². The molecule has 1 amide bonds. The number of nitrogens with one attached hydrogen (secondary N) is 1. The maximum Gasteiger partial charge on any atom is 0.282 e. The lowest BCUT2D eigenvalue weighted by Gasteiger charge is -2.38. The lowest BCUT2D eigenvalue weighted by atomic mass is 10.1. The van der Waals surface area contributed by atoms with Gasteiger partial charge < -0.3 is 24.4 Å². The average Bonchev–Trinajstić information content (AvgIpc) is 3.80. The van der Waals surface area contributed by atoms with Crippen LogP contribution in [0.1, 0.15) is 64.9 Å². The fourth-order valence-corrected chi connectivity index (χ4v) is 6.96. The molecular formula is C33H36F2N8O2. The Morgan fingerprint density at radius 1 is 1.04 bits per heavy atom. The van der Waals surface area contributed by atoms with Crippen LogP contribution in [0.3, 0.4) is 0 Å². The quantitative estimate of drug-likeness (QED) is 0.317. The first kappa shape index (κ1) is 28.2. The number of ether oxygens (including phenoxy) is 1. The second-order valence-electron chi connectivity index (χ2n) is 12.6. The van der Waals surface area contributed by atoms with E-state index >= 15 is 0 Å². The number of aryl methyl sites for hydroxylation is 1. The van der Waals surface area contributed by atoms with E-state index in [1.165, 1.54) is 4.90 Å². The molecule has 1 N–H and O–H groups in total. The van der Waals surface area contributed by atoms with Crippen LogP contribution in [0.25, 0.3) is 11.1 Å². The first-order chi connectivity index (χ1) is 21.8. The third-order valence-electron chi connectivity index (χ3n) is 9.53. The third-order valence-corrected chi connectivity index (χ3v) is 9.53. The number of nitrogens with zero attached hydrogens (tertiary/aromatic N) is 7. The minimum atomic E-state index is -2.79. The molecule has 6 heterocycles. The van der Waals surface area contributed by atoms with Crippen molar-refractivity contribution in [2.45, 2.75) is 63.6 Å². The van der Waals surface area contributed by atoms with Gasteiger partial charge in [-0.3, -0.25) is 4.79 Å². The summed E-state index contributed by atoms with van der Waals surface area (Å²) in [5.74, 6) is -1.64. The van der Waals surface area contributed by atoms with E-state index in [-0.39, 0.29) is 12.1 Å². The van der Waals surface area contributed by atoms with Crippen molar-refractivity contribution in [3.8, 4) is 11.1 Å². The Balaban J connectivity index is 0.998. The molecule has 1 aromatic carbocycles. The fourth-order valence-electron chi connectivity index (χ4n) is 6.96. The number of halogens is 2. The van der Waals surface area contributed by atoms with Gasteiger partial charge in [-0.15, -0.1) is 0 Å². The van der Waals surface area contributed by atoms with Gasteiger partial charge in [0.15, 0.2) is 0 Å². The minimum absolute atomic E-state index is 0.0151. The lowest BCUT2D eigenvalue weighted by Crippen LogP contribution is -2.58. The van der Waals surface area contributed by atoms with Gasteiger partial charge in [-0.2, -0.15) is 10.1 Å². The van der Waals surface area contributed by atoms with E-state index in [2.05, 4.69) is 45.8 Å². The van der Waals surface area contributed by atoms with E-state index in [0.29, 0.717) is 24.7 Å². The smallest absolute Gasteiger partial charge is 0.282 e. The van der Waals surface area contributed by atoms with Crippen molar-refractivity contribution in [3.63, 3.8) is 0 Å². The summed E-state index contributed by atoms with van der Waals surface area (Å²) >= 11 is 0. The molecular weight excluding hydrogens is 578 g/mol. The molecule has 12 heteroatoms. The van der Waals surface area contributed by atoms with Crippen LogP contribution >= 0.6 is 0 Å². The Morgan fingerprint density at radius 3 is 2.67 bits per heavy atom. The largest absolute Gasteiger partial charge is 0.357 e. The van der Waals surface area contributed by atoms with Gasteiger partial charge in [0.2, 0.25) is 5.95 Å². The summed E-state index contributed by atoms with van der Waals surface area (Å²) in [6.07, 6.45) is 10.8. The van der Waals surface area contributed by atoms with Crippen LogP contribution in [0.5, 0.6) is 0 Å². The first-order valence-electron chi connectivity index (χ1n) is 15.8. The molecule has 10 nitrogen and oxygen atoms in total. The SMILES string of the molecule is Cn1c(C(=O)N2CC(F)(F)C2)cc2c1CN(c1nc3c(c(Nc4ccc(-c5cnn(C6CCCCO6)c5)cc4)n1)CCC3)CC2. The zero-order valence-corrected chi connectivity index (χ0v) is 25.3. The molecule has 2 saturated heterocycles. The number of likely N-dealkylation sites (tertiary alicyclic amines) is 1. The van der Waals surface area contributed by atoms with Gasteiger partial charge in [-0.25, -0.2) is 18.4 Å². The maximum atomic E-state index is 13.4. The number of hydrogen-bond donors (Lipinski definition) is 1. The molecule has 0 bridgehead atoms. The van der Waals surface area contributed by atoms with Crippen LogP contribution in [0.15, 0.2) is 42.7 Å². The van der Waals surface area contributed by atoms with Crippen LogP contribution in [-0.4, -0.2) is 67.3 Å². The first-order valence-corrected chi connectivity index (χ1v) is 15.8. The number of rotatable bonds is 6. The molecule has 1 aliphatic carbocycles. The average molecular weight is 615 g/mol. The highest BCUT2D eigenvalue weighted by atomic mass is 19.3. The van der Waals surface area contributed by atoms with Crippen molar-refractivity contribution in [1.82, 2.24) is 29.2 Å². The van der Waals surface area contributed by atoms with Crippen LogP contribution < -0.4 is 10.2 Å². The molecule has 45 heavy (non-hydrogen) atoms. The molecule has 0 radical (unpaired) electrons. The van der Waals surface area contributed by atoms with Crippen molar-refractivity contribution in [3.05, 3.63) is 70.9 Å². The van der Waals surface area contributed by atoms with Crippen LogP contribution in [0, 0.1) is 0 Å². The topological polar surface area (TPSA) is 93.3 Å². The molecule has 1 atom stereocenters. The van der Waals surface area contributed by atoms with E-state index < -0.39 is 19.0 Å². The summed E-state index contributed by atoms with van der Waals surface area (Å²) in [7, 11) is 1.84. The second-order valence-corrected chi connectivity index (χ2v) is 12.6. The predicted octanol–water partition coefficient (Wildman–Crippen LogP) is 5.26. The maximum absolute atomic E-state index is 13.4. The summed E-state index contributed by atoms with van der Waals surface area (Å²) < 4.78 is 36.5. The summed E-state index contributed by atoms with van der Waals surface area (Å²) in [5.41, 5.74) is 7.83. The Labute approximate surface area is 260 Å². The van der Waals surface area contributed by atoms with Gasteiger partial charge >= 0.3 is 0 Å². The van der Waals surface area contributed by atoms with Crippen LogP contribution in [0.4, 0.5) is 26.2 Å². The third kappa shape index (κ3) is 5.24. The Bertz CT molecular complexity index is 1750. The fraction of sp³-hybridized carbons (Fsp3) is 0.455. The molecule has 3 aliphatic heterocycles. The summed E-state index contributed by atoms with van der Waals surface area (Å²) in [5, 5.41) is 8.12. The van der Waals surface area contributed by atoms with E-state index in [0.717, 1.165) is 96.7 Å². The normalized spacial score (nSPS) is 20.5. The number of benzene rings is 1. The molecule has 8 rings (SSSR count). The highest BCUT2D eigenvalue weighted by Gasteiger charge is 2.47. The van der Waals surface area contributed by atoms with Gasteiger partial charge in [0, 0.05) is 48.9 Å². The highest BCUT2D eigenvalue weighted by Crippen LogP contribution is 2.34. The van der Waals surface area contributed by atoms with Crippen molar-refractivity contribution in [2.75, 3.05) is 36.5 Å². The standard InChI is InChI=1S/C33H36F2N8O2/c1-40-27(31(44)42-19-33(34,35)20-42)15-22-12-13-41(18-28(22)40)32-38-26-6-4-5-25(26)30(39-32)37-24-10-8-21(9-11-24)23-16-36-43(17-23)29-7-2-3-14-45-29/h8-11,15-17,29H,2-7,12-14,18-20H2,1H3,(H,37,38,39). The molecule has 4 aliphatic rings. The number of hydrogen-bond acceptors (Lipinski definition) is 7. The number of carbonyl (C=O) groups excluding carboxylic acids is 1. The molecule has 1 unspecified atom stereocenters. The monoisotopic (exact) mass is 614 g/mol. The van der Waals surface area contributed by atoms with E-state index in [4.69, 9.17) is 14.7 Å². The molecule has 0 spiro atoms. The molecule has 3 aromatic heterocycles. The number of alkyl halides is 2. The minimum Gasteiger partial charge on any atom is -0.357 e. The number of amides is 1. The number of fused-ring (bicyclic) bond motifs is 2. The molecule has 4 aromatic rings.